The maximum atomic E-state index is 14.4. The molecule has 1 amide bonds. The molecule has 1 aliphatic heterocycles. The zero-order valence-electron chi connectivity index (χ0n) is 19.9. The van der Waals surface area contributed by atoms with Gasteiger partial charge in [0.1, 0.15) is 12.2 Å². The van der Waals surface area contributed by atoms with E-state index in [1.165, 1.54) is 12.0 Å². The van der Waals surface area contributed by atoms with Crippen LogP contribution in [0.15, 0.2) is 6.20 Å². The Kier molecular flexibility index (Phi) is 6.59. The molecule has 0 saturated heterocycles. The first-order chi connectivity index (χ1) is 15.4. The van der Waals surface area contributed by atoms with Gasteiger partial charge >= 0.3 is 12.2 Å². The minimum atomic E-state index is -0.969. The van der Waals surface area contributed by atoms with Crippen molar-refractivity contribution in [3.05, 3.63) is 29.1 Å². The summed E-state index contributed by atoms with van der Waals surface area (Å²) in [5, 5.41) is 7.15. The zero-order valence-corrected chi connectivity index (χ0v) is 19.9. The van der Waals surface area contributed by atoms with Gasteiger partial charge in [0.25, 0.3) is 0 Å². The molecule has 33 heavy (non-hydrogen) atoms. The summed E-state index contributed by atoms with van der Waals surface area (Å²) in [5.41, 5.74) is -0.730. The number of hydrogen-bond acceptors (Lipinski definition) is 9. The van der Waals surface area contributed by atoms with Crippen LogP contribution in [0.1, 0.15) is 58.6 Å². The number of aromatic nitrogens is 4. The number of methoxy groups -OCH3 is 1. The van der Waals surface area contributed by atoms with Crippen LogP contribution in [0, 0.1) is 5.82 Å². The van der Waals surface area contributed by atoms with Gasteiger partial charge in [-0.1, -0.05) is 0 Å². The van der Waals surface area contributed by atoms with Gasteiger partial charge in [0.2, 0.25) is 0 Å². The lowest BCUT2D eigenvalue weighted by atomic mass is 10.0. The number of nitrogens with one attached hydrogen (secondary N) is 1. The molecule has 180 valence electrons. The summed E-state index contributed by atoms with van der Waals surface area (Å²) in [6, 6.07) is 0. The van der Waals surface area contributed by atoms with Crippen LogP contribution < -0.4 is 5.32 Å². The van der Waals surface area contributed by atoms with E-state index in [1.807, 2.05) is 0 Å². The fraction of sp³-hybridized carbons (Fsp3) is 0.571. The predicted molar refractivity (Wildman–Crippen MR) is 115 cm³/mol. The molecule has 0 unspecified atom stereocenters. The molecule has 0 fully saturated rings. The topological polar surface area (TPSA) is 121 Å². The Morgan fingerprint density at radius 2 is 1.94 bits per heavy atom. The van der Waals surface area contributed by atoms with Gasteiger partial charge in [-0.3, -0.25) is 4.90 Å². The van der Waals surface area contributed by atoms with E-state index in [2.05, 4.69) is 20.4 Å². The van der Waals surface area contributed by atoms with Crippen molar-refractivity contribution in [2.45, 2.75) is 65.8 Å². The number of rotatable bonds is 5. The number of hydrogen-bond donors (Lipinski definition) is 1. The van der Waals surface area contributed by atoms with Gasteiger partial charge in [-0.05, 0) is 41.5 Å². The third kappa shape index (κ3) is 4.90. The average Bonchev–Trinajstić information content (AvgIpc) is 3.19. The van der Waals surface area contributed by atoms with Crippen LogP contribution in [0.4, 0.5) is 25.6 Å². The van der Waals surface area contributed by atoms with E-state index in [4.69, 9.17) is 14.2 Å². The van der Waals surface area contributed by atoms with E-state index >= 15 is 0 Å². The molecule has 0 aliphatic carbocycles. The van der Waals surface area contributed by atoms with Crippen molar-refractivity contribution in [1.29, 1.82) is 0 Å². The number of carbonyl (C=O) groups is 2. The first-order valence-electron chi connectivity index (χ1n) is 10.5. The van der Waals surface area contributed by atoms with Crippen molar-refractivity contribution in [1.82, 2.24) is 24.6 Å². The summed E-state index contributed by atoms with van der Waals surface area (Å²) in [6.45, 7) is 10.8. The normalized spacial score (nSPS) is 14.7. The predicted octanol–water partition coefficient (Wildman–Crippen LogP) is 3.69. The van der Waals surface area contributed by atoms with Crippen LogP contribution in [-0.4, -0.2) is 56.2 Å². The Balaban J connectivity index is 2.06. The smallest absolute Gasteiger partial charge is 0.435 e. The highest BCUT2D eigenvalue weighted by Gasteiger charge is 2.48. The highest BCUT2D eigenvalue weighted by Crippen LogP contribution is 2.43. The van der Waals surface area contributed by atoms with Gasteiger partial charge < -0.3 is 19.5 Å². The van der Waals surface area contributed by atoms with Crippen molar-refractivity contribution in [2.24, 2.45) is 0 Å². The van der Waals surface area contributed by atoms with E-state index < -0.39 is 29.1 Å². The van der Waals surface area contributed by atoms with Gasteiger partial charge in [-0.2, -0.15) is 4.68 Å². The summed E-state index contributed by atoms with van der Waals surface area (Å²) < 4.78 is 31.2. The molecule has 2 aromatic heterocycles. The number of fused-ring (bicyclic) bond motifs is 1. The lowest BCUT2D eigenvalue weighted by Gasteiger charge is -2.34. The molecule has 0 atom stereocenters. The van der Waals surface area contributed by atoms with E-state index in [1.54, 1.807) is 41.5 Å². The third-order valence-corrected chi connectivity index (χ3v) is 4.91. The standard InChI is InChI=1S/C21H29FN6O5/c1-8-32-19(30)28-15-12(10-27(21(15,5)6)18(29)33-20(2,3)4)16(26-28)25-17-13(22)9-23-14(24-17)11-31-7/h9H,8,10-11H2,1-7H3,(H,23,24,25,26). The Labute approximate surface area is 191 Å². The zero-order chi connectivity index (χ0) is 24.6. The highest BCUT2D eigenvalue weighted by atomic mass is 19.1. The van der Waals surface area contributed by atoms with Crippen LogP contribution >= 0.6 is 0 Å². The Hall–Kier alpha value is -3.28. The van der Waals surface area contributed by atoms with E-state index in [9.17, 15) is 14.0 Å². The SMILES string of the molecule is CCOC(=O)n1nc(Nc2nc(COC)ncc2F)c2c1C(C)(C)N(C(=O)OC(C)(C)C)C2. The number of amides is 1. The van der Waals surface area contributed by atoms with E-state index in [0.29, 0.717) is 11.3 Å². The van der Waals surface area contributed by atoms with Crippen LogP contribution in [0.25, 0.3) is 0 Å². The minimum absolute atomic E-state index is 0.0800. The Morgan fingerprint density at radius 3 is 2.55 bits per heavy atom. The molecule has 1 aliphatic rings. The van der Waals surface area contributed by atoms with Crippen molar-refractivity contribution >= 4 is 23.8 Å². The van der Waals surface area contributed by atoms with Gasteiger partial charge in [0.05, 0.1) is 30.6 Å². The maximum Gasteiger partial charge on any atom is 0.435 e. The highest BCUT2D eigenvalue weighted by molar-refractivity contribution is 5.77. The number of anilines is 2. The molecule has 0 saturated carbocycles. The molecule has 2 aromatic rings. The first kappa shape index (κ1) is 24.4. The summed E-state index contributed by atoms with van der Waals surface area (Å²) in [6.07, 6.45) is -0.256. The molecule has 1 N–H and O–H groups in total. The monoisotopic (exact) mass is 464 g/mol. The van der Waals surface area contributed by atoms with Crippen molar-refractivity contribution in [3.8, 4) is 0 Å². The number of halogens is 1. The average molecular weight is 464 g/mol. The number of nitrogens with zero attached hydrogens (tertiary/aromatic N) is 5. The summed E-state index contributed by atoms with van der Waals surface area (Å²) in [7, 11) is 1.47. The van der Waals surface area contributed by atoms with E-state index in [-0.39, 0.29) is 37.2 Å². The molecule has 3 rings (SSSR count). The summed E-state index contributed by atoms with van der Waals surface area (Å²) in [5.74, 6) is -0.422. The van der Waals surface area contributed by atoms with Crippen molar-refractivity contribution in [3.63, 3.8) is 0 Å². The largest absolute Gasteiger partial charge is 0.448 e. The Bertz CT molecular complexity index is 1060. The second-order valence-electron chi connectivity index (χ2n) is 8.95. The van der Waals surface area contributed by atoms with Crippen molar-refractivity contribution in [2.75, 3.05) is 19.0 Å². The molecule has 0 spiro atoms. The van der Waals surface area contributed by atoms with Crippen molar-refractivity contribution < 1.29 is 28.2 Å². The quantitative estimate of drug-likeness (QED) is 0.706. The van der Waals surface area contributed by atoms with Crippen LogP contribution in [0.2, 0.25) is 0 Å². The molecule has 11 nitrogen and oxygen atoms in total. The lowest BCUT2D eigenvalue weighted by molar-refractivity contribution is 0.00387. The molecule has 3 heterocycles. The first-order valence-corrected chi connectivity index (χ1v) is 10.5. The number of carbonyl (C=O) groups excluding carboxylic acids is 2. The number of ether oxygens (including phenoxy) is 3. The van der Waals surface area contributed by atoms with Crippen LogP contribution in [0.5, 0.6) is 0 Å². The molecule has 0 aromatic carbocycles. The molecule has 0 bridgehead atoms. The third-order valence-electron chi connectivity index (χ3n) is 4.91. The van der Waals surface area contributed by atoms with Crippen LogP contribution in [0.3, 0.4) is 0 Å². The second-order valence-corrected chi connectivity index (χ2v) is 8.95. The molecule has 12 heteroatoms. The molecular formula is C21H29FN6O5. The van der Waals surface area contributed by atoms with Gasteiger partial charge in [0, 0.05) is 12.7 Å². The molecule has 0 radical (unpaired) electrons. The van der Waals surface area contributed by atoms with Gasteiger partial charge in [-0.25, -0.2) is 23.9 Å². The van der Waals surface area contributed by atoms with E-state index in [0.717, 1.165) is 10.9 Å². The summed E-state index contributed by atoms with van der Waals surface area (Å²) >= 11 is 0. The minimum Gasteiger partial charge on any atom is -0.448 e. The molecular weight excluding hydrogens is 435 g/mol. The van der Waals surface area contributed by atoms with Crippen LogP contribution in [-0.2, 0) is 32.9 Å². The second kappa shape index (κ2) is 8.93. The van der Waals surface area contributed by atoms with Gasteiger partial charge in [-0.15, -0.1) is 5.10 Å². The lowest BCUT2D eigenvalue weighted by Crippen LogP contribution is -2.44. The fourth-order valence-corrected chi connectivity index (χ4v) is 3.54. The van der Waals surface area contributed by atoms with Gasteiger partial charge in [0.15, 0.2) is 23.3 Å². The fourth-order valence-electron chi connectivity index (χ4n) is 3.54. The Morgan fingerprint density at radius 1 is 1.24 bits per heavy atom. The summed E-state index contributed by atoms with van der Waals surface area (Å²) in [4.78, 5) is 35.1. The maximum absolute atomic E-state index is 14.4.